The Labute approximate surface area is 71.6 Å². The molecule has 0 spiro atoms. The van der Waals surface area contributed by atoms with Crippen molar-refractivity contribution < 1.29 is 4.79 Å². The van der Waals surface area contributed by atoms with Crippen LogP contribution in [0.15, 0.2) is 24.3 Å². The lowest BCUT2D eigenvalue weighted by molar-refractivity contribution is -0.112. The van der Waals surface area contributed by atoms with Crippen molar-refractivity contribution >= 4 is 11.6 Å². The molecule has 12 heavy (non-hydrogen) atoms. The predicted molar refractivity (Wildman–Crippen MR) is 48.3 cm³/mol. The summed E-state index contributed by atoms with van der Waals surface area (Å²) in [6.45, 7) is 3.63. The minimum atomic E-state index is -0.323. The molecule has 0 aliphatic heterocycles. The van der Waals surface area contributed by atoms with Gasteiger partial charge in [0, 0.05) is 19.2 Å². The van der Waals surface area contributed by atoms with Crippen molar-refractivity contribution in [1.29, 1.82) is 0 Å². The smallest absolute Gasteiger partial charge is 0.224 e. The fraction of sp³-hybridized carbons (Fsp3) is 0.111. The van der Waals surface area contributed by atoms with E-state index in [-0.39, 0.29) is 5.91 Å². The van der Waals surface area contributed by atoms with Gasteiger partial charge in [0.1, 0.15) is 0 Å². The third-order valence-corrected chi connectivity index (χ3v) is 1.51. The summed E-state index contributed by atoms with van der Waals surface area (Å²) >= 11 is 0. The van der Waals surface area contributed by atoms with E-state index in [0.29, 0.717) is 6.54 Å². The molecule has 0 saturated heterocycles. The summed E-state index contributed by atoms with van der Waals surface area (Å²) in [4.78, 5) is 10.6. The number of carbonyl (C=O) groups is 1. The van der Waals surface area contributed by atoms with Crippen molar-refractivity contribution in [2.45, 2.75) is 6.54 Å². The molecule has 1 aromatic carbocycles. The number of rotatable bonds is 2. The fourth-order valence-electron chi connectivity index (χ4n) is 0.970. The first-order valence-corrected chi connectivity index (χ1v) is 3.65. The second-order valence-corrected chi connectivity index (χ2v) is 2.41. The highest BCUT2D eigenvalue weighted by atomic mass is 16.1. The van der Waals surface area contributed by atoms with E-state index in [9.17, 15) is 4.79 Å². The number of amides is 1. The van der Waals surface area contributed by atoms with Gasteiger partial charge in [-0.15, -0.1) is 0 Å². The lowest BCUT2D eigenvalue weighted by Gasteiger charge is -2.06. The Kier molecular flexibility index (Phi) is 2.82. The summed E-state index contributed by atoms with van der Waals surface area (Å²) in [6, 6.07) is 7.38. The monoisotopic (exact) mass is 163 g/mol. The topological polar surface area (TPSA) is 55.1 Å². The second kappa shape index (κ2) is 3.88. The lowest BCUT2D eigenvalue weighted by Crippen LogP contribution is -2.09. The number of nitrogens with two attached hydrogens (primary N) is 1. The average Bonchev–Trinajstić information content (AvgIpc) is 2.04. The summed E-state index contributed by atoms with van der Waals surface area (Å²) in [5.41, 5.74) is 7.10. The van der Waals surface area contributed by atoms with Crippen LogP contribution in [0.25, 0.3) is 0 Å². The molecule has 0 fully saturated rings. The molecule has 0 aliphatic carbocycles. The SMILES string of the molecule is [CH2]C(=O)Nc1ccccc1CN. The van der Waals surface area contributed by atoms with Crippen molar-refractivity contribution in [3.8, 4) is 0 Å². The molecular formula is C9H11N2O. The van der Waals surface area contributed by atoms with Crippen LogP contribution in [-0.2, 0) is 11.3 Å². The third-order valence-electron chi connectivity index (χ3n) is 1.51. The number of para-hydroxylation sites is 1. The molecule has 3 heteroatoms. The van der Waals surface area contributed by atoms with Gasteiger partial charge in [0.25, 0.3) is 0 Å². The molecule has 0 atom stereocenters. The molecule has 0 unspecified atom stereocenters. The summed E-state index contributed by atoms with van der Waals surface area (Å²) in [6.07, 6.45) is 0. The maximum Gasteiger partial charge on any atom is 0.224 e. The standard InChI is InChI=1S/C9H11N2O/c1-7(12)11-9-5-3-2-4-8(9)6-10/h2-5H,1,6,10H2,(H,11,12). The Morgan fingerprint density at radius 1 is 1.50 bits per heavy atom. The first kappa shape index (κ1) is 8.74. The third kappa shape index (κ3) is 2.07. The molecule has 0 aromatic heterocycles. The fourth-order valence-corrected chi connectivity index (χ4v) is 0.970. The minimum absolute atomic E-state index is 0.323. The van der Waals surface area contributed by atoms with Gasteiger partial charge in [0.15, 0.2) is 0 Å². The Balaban J connectivity index is 2.89. The Hall–Kier alpha value is -1.35. The molecule has 3 nitrogen and oxygen atoms in total. The zero-order valence-corrected chi connectivity index (χ0v) is 6.71. The van der Waals surface area contributed by atoms with Crippen molar-refractivity contribution in [2.24, 2.45) is 5.73 Å². The number of hydrogen-bond donors (Lipinski definition) is 2. The molecule has 63 valence electrons. The maximum atomic E-state index is 10.6. The Bertz CT molecular complexity index is 284. The summed E-state index contributed by atoms with van der Waals surface area (Å²) < 4.78 is 0. The molecule has 1 aromatic rings. The molecule has 1 rings (SSSR count). The zero-order valence-electron chi connectivity index (χ0n) is 6.71. The van der Waals surface area contributed by atoms with Crippen molar-refractivity contribution in [3.05, 3.63) is 36.8 Å². The van der Waals surface area contributed by atoms with Gasteiger partial charge in [-0.1, -0.05) is 18.2 Å². The molecular weight excluding hydrogens is 152 g/mol. The van der Waals surface area contributed by atoms with E-state index >= 15 is 0 Å². The zero-order chi connectivity index (χ0) is 8.97. The van der Waals surface area contributed by atoms with Crippen LogP contribution in [-0.4, -0.2) is 5.91 Å². The van der Waals surface area contributed by atoms with Crippen LogP contribution in [0.1, 0.15) is 5.56 Å². The van der Waals surface area contributed by atoms with Crippen molar-refractivity contribution in [3.63, 3.8) is 0 Å². The number of anilines is 1. The van der Waals surface area contributed by atoms with Crippen molar-refractivity contribution in [2.75, 3.05) is 5.32 Å². The first-order chi connectivity index (χ1) is 5.74. The molecule has 0 heterocycles. The summed E-state index contributed by atoms with van der Waals surface area (Å²) in [7, 11) is 0. The van der Waals surface area contributed by atoms with E-state index in [0.717, 1.165) is 11.3 Å². The average molecular weight is 163 g/mol. The number of benzene rings is 1. The van der Waals surface area contributed by atoms with E-state index in [1.807, 2.05) is 18.2 Å². The maximum absolute atomic E-state index is 10.6. The van der Waals surface area contributed by atoms with Crippen LogP contribution in [0.5, 0.6) is 0 Å². The van der Waals surface area contributed by atoms with Gasteiger partial charge in [0.2, 0.25) is 5.91 Å². The van der Waals surface area contributed by atoms with E-state index in [1.165, 1.54) is 0 Å². The van der Waals surface area contributed by atoms with Crippen LogP contribution >= 0.6 is 0 Å². The minimum Gasteiger partial charge on any atom is -0.326 e. The molecule has 3 N–H and O–H groups in total. The lowest BCUT2D eigenvalue weighted by atomic mass is 10.2. The van der Waals surface area contributed by atoms with Crippen LogP contribution in [0.2, 0.25) is 0 Å². The highest BCUT2D eigenvalue weighted by Gasteiger charge is 1.99. The van der Waals surface area contributed by atoms with Crippen molar-refractivity contribution in [1.82, 2.24) is 0 Å². The normalized spacial score (nSPS) is 9.50. The molecule has 1 radical (unpaired) electrons. The predicted octanol–water partition coefficient (Wildman–Crippen LogP) is 0.918. The Morgan fingerprint density at radius 3 is 2.75 bits per heavy atom. The second-order valence-electron chi connectivity index (χ2n) is 2.41. The van der Waals surface area contributed by atoms with Gasteiger partial charge >= 0.3 is 0 Å². The van der Waals surface area contributed by atoms with Gasteiger partial charge < -0.3 is 11.1 Å². The van der Waals surface area contributed by atoms with Crippen LogP contribution in [0.3, 0.4) is 0 Å². The number of carbonyl (C=O) groups excluding carboxylic acids is 1. The van der Waals surface area contributed by atoms with E-state index in [2.05, 4.69) is 12.2 Å². The van der Waals surface area contributed by atoms with Gasteiger partial charge in [-0.25, -0.2) is 0 Å². The van der Waals surface area contributed by atoms with Gasteiger partial charge in [-0.05, 0) is 11.6 Å². The van der Waals surface area contributed by atoms with Crippen LogP contribution in [0.4, 0.5) is 5.69 Å². The molecule has 0 saturated carbocycles. The van der Waals surface area contributed by atoms with Crippen LogP contribution in [0, 0.1) is 6.92 Å². The van der Waals surface area contributed by atoms with E-state index in [4.69, 9.17) is 5.73 Å². The summed E-state index contributed by atoms with van der Waals surface area (Å²) in [5, 5.41) is 2.59. The molecule has 0 bridgehead atoms. The summed E-state index contributed by atoms with van der Waals surface area (Å²) in [5.74, 6) is -0.323. The first-order valence-electron chi connectivity index (χ1n) is 3.65. The number of nitrogens with one attached hydrogen (secondary N) is 1. The van der Waals surface area contributed by atoms with E-state index in [1.54, 1.807) is 6.07 Å². The highest BCUT2D eigenvalue weighted by molar-refractivity contribution is 5.94. The Morgan fingerprint density at radius 2 is 2.17 bits per heavy atom. The van der Waals surface area contributed by atoms with Gasteiger partial charge in [-0.2, -0.15) is 0 Å². The largest absolute Gasteiger partial charge is 0.326 e. The van der Waals surface area contributed by atoms with E-state index < -0.39 is 0 Å². The van der Waals surface area contributed by atoms with Gasteiger partial charge in [-0.3, -0.25) is 4.79 Å². The van der Waals surface area contributed by atoms with Gasteiger partial charge in [0.05, 0.1) is 0 Å². The molecule has 1 amide bonds. The highest BCUT2D eigenvalue weighted by Crippen LogP contribution is 2.13. The number of hydrogen-bond acceptors (Lipinski definition) is 2. The van der Waals surface area contributed by atoms with Crippen LogP contribution < -0.4 is 11.1 Å². The quantitative estimate of drug-likeness (QED) is 0.681. The molecule has 0 aliphatic rings.